The lowest BCUT2D eigenvalue weighted by Gasteiger charge is -2.71. The van der Waals surface area contributed by atoms with Crippen LogP contribution in [-0.4, -0.2) is 188 Å². The van der Waals surface area contributed by atoms with Crippen LogP contribution in [-0.2, 0) is 42.8 Å². The Hall–Kier alpha value is -2.79. The van der Waals surface area contributed by atoms with Crippen LogP contribution in [0.2, 0.25) is 0 Å². The number of nitrogens with one attached hydrogen (secondary N) is 2. The van der Waals surface area contributed by atoms with E-state index in [0.717, 1.165) is 28.3 Å². The number of carbonyl (C=O) groups excluding carboxylic acids is 4. The minimum atomic E-state index is -1.96. The first kappa shape index (κ1) is 63.7. The molecule has 1 aromatic rings. The Morgan fingerprint density at radius 3 is 2.15 bits per heavy atom. The van der Waals surface area contributed by atoms with Gasteiger partial charge in [0.1, 0.15) is 60.5 Å². The van der Waals surface area contributed by atoms with Gasteiger partial charge in [-0.1, -0.05) is 59.6 Å². The number of benzene rings is 1. The van der Waals surface area contributed by atoms with Gasteiger partial charge in [0.25, 0.3) is 5.91 Å². The van der Waals surface area contributed by atoms with Gasteiger partial charge in [-0.15, -0.1) is 0 Å². The van der Waals surface area contributed by atoms with Crippen LogP contribution in [0.4, 0.5) is 0 Å². The normalized spacial score (nSPS) is 46.1. The van der Waals surface area contributed by atoms with Crippen molar-refractivity contribution in [3.8, 4) is 0 Å². The van der Waals surface area contributed by atoms with E-state index in [1.54, 1.807) is 12.1 Å². The van der Waals surface area contributed by atoms with Crippen molar-refractivity contribution in [1.82, 2.24) is 10.6 Å². The zero-order valence-corrected chi connectivity index (χ0v) is 50.4. The molecule has 13 unspecified atom stereocenters. The van der Waals surface area contributed by atoms with Crippen molar-refractivity contribution < 1.29 is 93.6 Å². The molecule has 460 valence electrons. The third kappa shape index (κ3) is 11.3. The number of halogens is 1. The van der Waals surface area contributed by atoms with Gasteiger partial charge in [-0.3, -0.25) is 14.4 Å². The lowest BCUT2D eigenvalue weighted by Crippen LogP contribution is -2.69. The number of fused-ring (bicyclic) bond motifs is 7. The van der Waals surface area contributed by atoms with E-state index in [9.17, 15) is 60.3 Å². The molecule has 22 heteroatoms. The van der Waals surface area contributed by atoms with Crippen molar-refractivity contribution >= 4 is 46.7 Å². The van der Waals surface area contributed by atoms with E-state index in [2.05, 4.69) is 73.9 Å². The van der Waals surface area contributed by atoms with E-state index in [0.29, 0.717) is 63.5 Å². The van der Waals surface area contributed by atoms with E-state index >= 15 is 4.79 Å². The van der Waals surface area contributed by atoms with Crippen LogP contribution < -0.4 is 10.6 Å². The van der Waals surface area contributed by atoms with Crippen molar-refractivity contribution in [3.05, 3.63) is 45.0 Å². The summed E-state index contributed by atoms with van der Waals surface area (Å²) in [5.41, 5.74) is -2.41. The topological polar surface area (TPSA) is 330 Å². The highest BCUT2D eigenvalue weighted by Crippen LogP contribution is 2.76. The average molecular weight is 1270 g/mol. The fourth-order valence-electron chi connectivity index (χ4n) is 16.6. The molecule has 9 rings (SSSR count). The van der Waals surface area contributed by atoms with Gasteiger partial charge in [-0.25, -0.2) is 0 Å². The molecule has 2 amide bonds. The number of ether oxygens (including phenoxy) is 6. The summed E-state index contributed by atoms with van der Waals surface area (Å²) in [7, 11) is 0. The monoisotopic (exact) mass is 1270 g/mol. The first-order valence-electron chi connectivity index (χ1n) is 29.6. The van der Waals surface area contributed by atoms with Crippen molar-refractivity contribution in [2.24, 2.45) is 50.2 Å². The minimum Gasteiger partial charge on any atom is -0.432 e. The first-order valence-corrected chi connectivity index (χ1v) is 30.7. The van der Waals surface area contributed by atoms with Gasteiger partial charge in [-0.2, -0.15) is 0 Å². The maximum Gasteiger partial charge on any atom is 0.317 e. The second kappa shape index (κ2) is 24.4. The third-order valence-electron chi connectivity index (χ3n) is 21.7. The fraction of sp³-hybridized carbons (Fsp3) is 0.800. The molecule has 3 heterocycles. The first-order chi connectivity index (χ1) is 38.6. The number of allylic oxidation sites excluding steroid dienone is 2. The second-order valence-electron chi connectivity index (χ2n) is 26.9. The largest absolute Gasteiger partial charge is 0.432 e. The summed E-state index contributed by atoms with van der Waals surface area (Å²) in [6.07, 6.45) is -13.8. The Kier molecular flexibility index (Phi) is 19.0. The van der Waals surface area contributed by atoms with Crippen molar-refractivity contribution in [2.75, 3.05) is 19.8 Å². The maximum atomic E-state index is 15.7. The minimum absolute atomic E-state index is 0.0188. The predicted molar refractivity (Wildman–Crippen MR) is 300 cm³/mol. The van der Waals surface area contributed by atoms with Crippen molar-refractivity contribution in [1.29, 1.82) is 0 Å². The summed E-state index contributed by atoms with van der Waals surface area (Å²) < 4.78 is 37.5. The molecule has 82 heavy (non-hydrogen) atoms. The number of carbonyl (C=O) groups is 4. The number of hydrogen-bond acceptors (Lipinski definition) is 19. The number of rotatable bonds is 16. The Balaban J connectivity index is 0.963. The number of aldehydes is 1. The second-order valence-corrected chi connectivity index (χ2v) is 28.2. The molecule has 24 atom stereocenters. The molecular weight excluding hydrogens is 1180 g/mol. The van der Waals surface area contributed by atoms with Crippen LogP contribution in [0.3, 0.4) is 0 Å². The van der Waals surface area contributed by atoms with Crippen LogP contribution in [0.15, 0.2) is 35.9 Å². The summed E-state index contributed by atoms with van der Waals surface area (Å²) in [5, 5.41) is 107. The third-order valence-corrected chi connectivity index (χ3v) is 22.4. The quantitative estimate of drug-likeness (QED) is 0.0373. The summed E-state index contributed by atoms with van der Waals surface area (Å²) in [5.74, 6) is -2.06. The van der Waals surface area contributed by atoms with E-state index in [1.165, 1.54) is 6.92 Å². The van der Waals surface area contributed by atoms with Gasteiger partial charge >= 0.3 is 5.97 Å². The van der Waals surface area contributed by atoms with Gasteiger partial charge in [0.05, 0.1) is 43.0 Å². The number of hydrogen-bond donors (Lipinski definition) is 11. The van der Waals surface area contributed by atoms with Crippen molar-refractivity contribution in [3.63, 3.8) is 0 Å². The molecule has 3 aliphatic heterocycles. The summed E-state index contributed by atoms with van der Waals surface area (Å²) in [6.45, 7) is 13.6. The predicted octanol–water partition coefficient (Wildman–Crippen LogP) is 2.68. The molecule has 0 aromatic heterocycles. The Labute approximate surface area is 493 Å². The molecule has 1 aromatic carbocycles. The summed E-state index contributed by atoms with van der Waals surface area (Å²) in [4.78, 5) is 54.8. The van der Waals surface area contributed by atoms with Crippen LogP contribution >= 0.6 is 22.6 Å². The standard InChI is InChI=1S/C60H89IN2O19/c1-30-48(80-51-46(73)43(70)35(66)28-77-51)45(72)47(74)52(78-30)81-49-44(71)42(63-41(69)11-9-8-10-24-62-50(75)31-12-14-32(61)15-13-31)36(27-64)79-53(49)82-54(76)60-23-22-55(2,3)25-34(60)33-16-17-38-56(4)20-19-39(67)57(5,29-65)37(56)18-21-58(38,6)59(33,7)26-40(60)68/h12-16,29-30,34-40,42-49,51-53,64,66-68,70-74H,8-11,17-28H2,1-7H3,(H,62,75)(H,63,69)/t30?,34?,35-,36?,37-,38?,39+,40+,42+,43?,44?,45?,46?,47?,48+,49?,51+,52+,53+,56?,57?,58?,59-,60-/m1/s1. The van der Waals surface area contributed by atoms with Crippen LogP contribution in [0, 0.1) is 53.8 Å². The summed E-state index contributed by atoms with van der Waals surface area (Å²) >= 11 is 2.16. The zero-order valence-electron chi connectivity index (χ0n) is 48.2. The van der Waals surface area contributed by atoms with E-state index < -0.39 is 145 Å². The number of aliphatic hydroxyl groups is 9. The Morgan fingerprint density at radius 2 is 1.45 bits per heavy atom. The molecule has 5 aliphatic carbocycles. The molecule has 4 saturated carbocycles. The lowest BCUT2D eigenvalue weighted by atomic mass is 9.33. The molecule has 7 fully saturated rings. The van der Waals surface area contributed by atoms with Gasteiger partial charge in [-0.05, 0) is 164 Å². The van der Waals surface area contributed by atoms with Crippen LogP contribution in [0.5, 0.6) is 0 Å². The molecule has 21 nitrogen and oxygen atoms in total. The zero-order chi connectivity index (χ0) is 59.6. The number of esters is 1. The fourth-order valence-corrected chi connectivity index (χ4v) is 16.9. The molecular formula is C60H89IN2O19. The van der Waals surface area contributed by atoms with E-state index in [-0.39, 0.29) is 53.3 Å². The molecule has 11 N–H and O–H groups in total. The van der Waals surface area contributed by atoms with Gasteiger partial charge in [0.2, 0.25) is 12.2 Å². The van der Waals surface area contributed by atoms with Gasteiger partial charge < -0.3 is 89.8 Å². The highest BCUT2D eigenvalue weighted by atomic mass is 127. The smallest absolute Gasteiger partial charge is 0.317 e. The van der Waals surface area contributed by atoms with Crippen LogP contribution in [0.25, 0.3) is 0 Å². The van der Waals surface area contributed by atoms with Crippen LogP contribution in [0.1, 0.15) is 142 Å². The number of aliphatic hydroxyl groups excluding tert-OH is 9. The van der Waals surface area contributed by atoms with E-state index in [1.807, 2.05) is 19.1 Å². The lowest BCUT2D eigenvalue weighted by molar-refractivity contribution is -0.370. The van der Waals surface area contributed by atoms with E-state index in [4.69, 9.17) is 28.4 Å². The highest BCUT2D eigenvalue weighted by Gasteiger charge is 2.72. The van der Waals surface area contributed by atoms with Gasteiger partial charge in [0, 0.05) is 22.1 Å². The average Bonchev–Trinajstić information content (AvgIpc) is 3.61. The molecule has 0 bridgehead atoms. The molecule has 3 saturated heterocycles. The molecule has 8 aliphatic rings. The van der Waals surface area contributed by atoms with Gasteiger partial charge in [0.15, 0.2) is 18.7 Å². The number of amides is 2. The highest BCUT2D eigenvalue weighted by molar-refractivity contribution is 14.1. The molecule has 0 spiro atoms. The van der Waals surface area contributed by atoms with Crippen molar-refractivity contribution in [2.45, 2.75) is 230 Å². The SMILES string of the molecule is CC1O[C@@H](OC2C(O)[C@@H](NC(=O)CCCCCNC(=O)c3ccc(I)cc3)C(CO)O[C@H]2OC(=O)[C@]23CCC(C)(C)CC2C2=CCC4C5(C)CC[C@H](O)C(C)(C=O)[C@@H]5CCC4(C)[C@]2(C)C[C@@H]3O)C(O)C(O)[C@H]1O[C@@H]1OC[C@@H](O)C(O)C1O. The number of unbranched alkanes of at least 4 members (excludes halogenated alkanes) is 2. The Bertz CT molecular complexity index is 2510. The molecule has 0 radical (unpaired) electrons. The Morgan fingerprint density at radius 1 is 0.756 bits per heavy atom. The maximum absolute atomic E-state index is 15.7. The summed E-state index contributed by atoms with van der Waals surface area (Å²) in [6, 6.07) is 5.76.